The summed E-state index contributed by atoms with van der Waals surface area (Å²) in [5.74, 6) is 0.734. The SMILES string of the molecule is CCC(C)(C)SSC(C)(C)C(C)C. The molecule has 2 heteroatoms. The summed E-state index contributed by atoms with van der Waals surface area (Å²) in [5, 5.41) is 0. The molecular weight excluding hydrogens is 196 g/mol. The molecule has 0 aliphatic carbocycles. The van der Waals surface area contributed by atoms with Gasteiger partial charge in [0.25, 0.3) is 0 Å². The normalized spacial score (nSPS) is 13.8. The lowest BCUT2D eigenvalue weighted by molar-refractivity contribution is 0.506. The smallest absolute Gasteiger partial charge is 0.0230 e. The van der Waals surface area contributed by atoms with Crippen molar-refractivity contribution in [3.8, 4) is 0 Å². The Balaban J connectivity index is 4.02. The van der Waals surface area contributed by atoms with E-state index < -0.39 is 0 Å². The first-order valence-corrected chi connectivity index (χ1v) is 7.23. The van der Waals surface area contributed by atoms with Crippen molar-refractivity contribution in [1.29, 1.82) is 0 Å². The molecule has 0 saturated carbocycles. The maximum atomic E-state index is 2.33. The van der Waals surface area contributed by atoms with E-state index in [1.165, 1.54) is 6.42 Å². The predicted octanol–water partition coefficient (Wildman–Crippen LogP) is 4.99. The van der Waals surface area contributed by atoms with Crippen molar-refractivity contribution >= 4 is 21.6 Å². The Morgan fingerprint density at radius 2 is 1.46 bits per heavy atom. The second-order valence-corrected chi connectivity index (χ2v) is 8.53. The quantitative estimate of drug-likeness (QED) is 0.599. The van der Waals surface area contributed by atoms with Crippen LogP contribution in [0.4, 0.5) is 0 Å². The van der Waals surface area contributed by atoms with Crippen LogP contribution in [0, 0.1) is 5.92 Å². The number of hydrogen-bond acceptors (Lipinski definition) is 2. The molecule has 0 fully saturated rings. The first-order chi connectivity index (χ1) is 5.71. The van der Waals surface area contributed by atoms with Gasteiger partial charge in [0.15, 0.2) is 0 Å². The molecule has 0 spiro atoms. The summed E-state index contributed by atoms with van der Waals surface area (Å²) in [6.45, 7) is 16.2. The highest BCUT2D eigenvalue weighted by Crippen LogP contribution is 2.47. The molecule has 0 amide bonds. The van der Waals surface area contributed by atoms with Crippen LogP contribution in [0.1, 0.15) is 54.9 Å². The van der Waals surface area contributed by atoms with Gasteiger partial charge in [0, 0.05) is 9.49 Å². The van der Waals surface area contributed by atoms with Crippen molar-refractivity contribution in [3.63, 3.8) is 0 Å². The van der Waals surface area contributed by atoms with Gasteiger partial charge in [-0.2, -0.15) is 0 Å². The Kier molecular flexibility index (Phi) is 5.24. The van der Waals surface area contributed by atoms with Crippen LogP contribution in [0.5, 0.6) is 0 Å². The third kappa shape index (κ3) is 5.21. The minimum Gasteiger partial charge on any atom is -0.0873 e. The highest BCUT2D eigenvalue weighted by atomic mass is 33.1. The third-order valence-corrected chi connectivity index (χ3v) is 7.34. The maximum Gasteiger partial charge on any atom is 0.0230 e. The van der Waals surface area contributed by atoms with Gasteiger partial charge in [-0.05, 0) is 40.0 Å². The molecule has 0 radical (unpaired) electrons. The molecule has 80 valence electrons. The average molecular weight is 220 g/mol. The molecule has 0 unspecified atom stereocenters. The van der Waals surface area contributed by atoms with E-state index in [2.05, 4.69) is 48.5 Å². The van der Waals surface area contributed by atoms with Gasteiger partial charge in [0.1, 0.15) is 0 Å². The average Bonchev–Trinajstić information content (AvgIpc) is 2.01. The summed E-state index contributed by atoms with van der Waals surface area (Å²) in [6, 6.07) is 0. The van der Waals surface area contributed by atoms with Crippen LogP contribution in [0.25, 0.3) is 0 Å². The van der Waals surface area contributed by atoms with Gasteiger partial charge in [-0.3, -0.25) is 0 Å². The predicted molar refractivity (Wildman–Crippen MR) is 68.5 cm³/mol. The van der Waals surface area contributed by atoms with E-state index >= 15 is 0 Å². The minimum absolute atomic E-state index is 0.386. The Bertz CT molecular complexity index is 148. The van der Waals surface area contributed by atoms with Crippen molar-refractivity contribution in [2.45, 2.75) is 64.4 Å². The van der Waals surface area contributed by atoms with E-state index in [0.29, 0.717) is 9.49 Å². The molecule has 0 saturated heterocycles. The van der Waals surface area contributed by atoms with Crippen LogP contribution in [0.3, 0.4) is 0 Å². The van der Waals surface area contributed by atoms with E-state index in [0.717, 1.165) is 5.92 Å². The van der Waals surface area contributed by atoms with Crippen LogP contribution < -0.4 is 0 Å². The third-order valence-electron chi connectivity index (χ3n) is 2.72. The molecule has 0 aliphatic heterocycles. The van der Waals surface area contributed by atoms with Crippen molar-refractivity contribution in [2.24, 2.45) is 5.92 Å². The molecule has 0 aromatic carbocycles. The Labute approximate surface area is 92.0 Å². The van der Waals surface area contributed by atoms with Gasteiger partial charge in [0.05, 0.1) is 0 Å². The lowest BCUT2D eigenvalue weighted by atomic mass is 10.00. The molecule has 0 aromatic rings. The molecule has 0 rings (SSSR count). The van der Waals surface area contributed by atoms with Gasteiger partial charge in [0.2, 0.25) is 0 Å². The van der Waals surface area contributed by atoms with Crippen molar-refractivity contribution in [3.05, 3.63) is 0 Å². The van der Waals surface area contributed by atoms with Gasteiger partial charge < -0.3 is 0 Å². The fourth-order valence-corrected chi connectivity index (χ4v) is 3.38. The monoisotopic (exact) mass is 220 g/mol. The second kappa shape index (κ2) is 4.97. The zero-order valence-corrected chi connectivity index (χ0v) is 11.7. The van der Waals surface area contributed by atoms with Crippen LogP contribution in [0.2, 0.25) is 0 Å². The highest BCUT2D eigenvalue weighted by Gasteiger charge is 2.27. The zero-order chi connectivity index (χ0) is 10.7. The van der Waals surface area contributed by atoms with E-state index in [1.807, 2.05) is 21.6 Å². The van der Waals surface area contributed by atoms with E-state index in [1.54, 1.807) is 0 Å². The standard InChI is InChI=1S/C11H24S2/c1-8-10(4,5)12-13-11(6,7)9(2)3/h9H,8H2,1-7H3. The first kappa shape index (κ1) is 13.7. The van der Waals surface area contributed by atoms with Gasteiger partial charge >= 0.3 is 0 Å². The van der Waals surface area contributed by atoms with Gasteiger partial charge in [-0.25, -0.2) is 0 Å². The lowest BCUT2D eigenvalue weighted by Crippen LogP contribution is -2.23. The summed E-state index contributed by atoms with van der Waals surface area (Å²) in [4.78, 5) is 0. The summed E-state index contributed by atoms with van der Waals surface area (Å²) < 4.78 is 0.800. The van der Waals surface area contributed by atoms with Crippen molar-refractivity contribution < 1.29 is 0 Å². The highest BCUT2D eigenvalue weighted by molar-refractivity contribution is 8.77. The fourth-order valence-electron chi connectivity index (χ4n) is 0.375. The molecule has 0 heterocycles. The number of hydrogen-bond donors (Lipinski definition) is 0. The largest absolute Gasteiger partial charge is 0.0873 e. The molecule has 0 aromatic heterocycles. The van der Waals surface area contributed by atoms with E-state index in [9.17, 15) is 0 Å². The van der Waals surface area contributed by atoms with Crippen molar-refractivity contribution in [1.82, 2.24) is 0 Å². The summed E-state index contributed by atoms with van der Waals surface area (Å²) in [7, 11) is 4.07. The van der Waals surface area contributed by atoms with Crippen LogP contribution in [0.15, 0.2) is 0 Å². The summed E-state index contributed by atoms with van der Waals surface area (Å²) in [6.07, 6.45) is 1.23. The van der Waals surface area contributed by atoms with E-state index in [-0.39, 0.29) is 0 Å². The van der Waals surface area contributed by atoms with Crippen molar-refractivity contribution in [2.75, 3.05) is 0 Å². The molecule has 0 bridgehead atoms. The molecule has 0 atom stereocenters. The first-order valence-electron chi connectivity index (χ1n) is 5.08. The lowest BCUT2D eigenvalue weighted by Gasteiger charge is -2.32. The number of rotatable bonds is 5. The zero-order valence-electron chi connectivity index (χ0n) is 10.1. The molecule has 0 N–H and O–H groups in total. The Morgan fingerprint density at radius 3 is 1.77 bits per heavy atom. The van der Waals surface area contributed by atoms with Gasteiger partial charge in [-0.15, -0.1) is 0 Å². The molecular formula is C11H24S2. The second-order valence-electron chi connectivity index (χ2n) is 5.04. The van der Waals surface area contributed by atoms with Gasteiger partial charge in [-0.1, -0.05) is 42.4 Å². The Hall–Kier alpha value is 0.700. The Morgan fingerprint density at radius 1 is 1.00 bits per heavy atom. The molecule has 0 aliphatic rings. The molecule has 13 heavy (non-hydrogen) atoms. The summed E-state index contributed by atoms with van der Waals surface area (Å²) >= 11 is 0. The van der Waals surface area contributed by atoms with Crippen LogP contribution >= 0.6 is 21.6 Å². The van der Waals surface area contributed by atoms with E-state index in [4.69, 9.17) is 0 Å². The summed E-state index contributed by atoms with van der Waals surface area (Å²) in [5.41, 5.74) is 0. The minimum atomic E-state index is 0.386. The van der Waals surface area contributed by atoms with Crippen LogP contribution in [-0.2, 0) is 0 Å². The molecule has 0 nitrogen and oxygen atoms in total. The topological polar surface area (TPSA) is 0 Å². The van der Waals surface area contributed by atoms with Crippen LogP contribution in [-0.4, -0.2) is 9.49 Å². The fraction of sp³-hybridized carbons (Fsp3) is 1.00. The maximum absolute atomic E-state index is 2.33.